The van der Waals surface area contributed by atoms with Crippen LogP contribution < -0.4 is 4.72 Å². The third-order valence-corrected chi connectivity index (χ3v) is 3.84. The van der Waals surface area contributed by atoms with Gasteiger partial charge in [-0.15, -0.1) is 0 Å². The average molecular weight is 153 g/mol. The molecule has 0 aromatic carbocycles. The van der Waals surface area contributed by atoms with Gasteiger partial charge in [-0.2, -0.15) is 0 Å². The first-order valence-corrected chi connectivity index (χ1v) is 5.29. The minimum atomic E-state index is -0.302. The van der Waals surface area contributed by atoms with Crippen molar-refractivity contribution in [2.75, 3.05) is 5.75 Å². The molecule has 0 aromatic rings. The Morgan fingerprint density at radius 2 is 2.71 bits per heavy atom. The molecule has 2 nitrogen and oxygen atoms in total. The highest BCUT2D eigenvalue weighted by Gasteiger charge is 2.12. The van der Waals surface area contributed by atoms with E-state index in [2.05, 4.69) is 4.72 Å². The smallest absolute Gasteiger partial charge is 0.241 e. The zero-order valence-corrected chi connectivity index (χ0v) is 5.79. The van der Waals surface area contributed by atoms with Gasteiger partial charge in [0.15, 0.2) is 0 Å². The lowest BCUT2D eigenvalue weighted by Gasteiger charge is -1.83. The molecule has 5 heteroatoms. The Bertz CT molecular complexity index is 108. The van der Waals surface area contributed by atoms with Crippen LogP contribution in [0, 0.1) is 0 Å². The van der Waals surface area contributed by atoms with Crippen molar-refractivity contribution in [3.05, 3.63) is 0 Å². The van der Waals surface area contributed by atoms with Gasteiger partial charge in [0.05, 0.1) is 5.75 Å². The summed E-state index contributed by atoms with van der Waals surface area (Å²) in [6, 6.07) is 0. The Hall–Kier alpha value is 0.390. The van der Waals surface area contributed by atoms with Crippen LogP contribution in [-0.2, 0) is 24.7 Å². The largest absolute Gasteiger partial charge is 0.288 e. The second-order valence-corrected chi connectivity index (χ2v) is 5.56. The van der Waals surface area contributed by atoms with Crippen LogP contribution in [0.4, 0.5) is 0 Å². The third-order valence-electron chi connectivity index (χ3n) is 0.494. The maximum absolute atomic E-state index is 10.3. The summed E-state index contributed by atoms with van der Waals surface area (Å²) >= 11 is 4.74. The number of rotatable bonds is 0. The molecule has 1 amide bonds. The molecular weight excluding hydrogens is 150 g/mol. The number of carbonyl (C=O) groups excluding carboxylic acids is 1. The summed E-state index contributed by atoms with van der Waals surface area (Å²) in [5, 5.41) is 0. The Balaban J connectivity index is 2.55. The fourth-order valence-electron chi connectivity index (χ4n) is 0.259. The van der Waals surface area contributed by atoms with Gasteiger partial charge in [-0.25, -0.2) is 0 Å². The number of carbonyl (C=O) groups is 1. The summed E-state index contributed by atoms with van der Waals surface area (Å²) in [5.74, 6) is 0.621. The second kappa shape index (κ2) is 2.11. The lowest BCUT2D eigenvalue weighted by atomic mass is 10.8. The van der Waals surface area contributed by atoms with E-state index in [1.165, 1.54) is 10.8 Å². The molecule has 1 atom stereocenters. The Labute approximate surface area is 52.2 Å². The number of nitrogens with one attached hydrogen (secondary N) is 1. The molecule has 0 bridgehead atoms. The quantitative estimate of drug-likeness (QED) is 0.487. The second-order valence-electron chi connectivity index (χ2n) is 1.02. The van der Waals surface area contributed by atoms with Gasteiger partial charge in [0.2, 0.25) is 5.91 Å². The Kier molecular flexibility index (Phi) is 1.66. The van der Waals surface area contributed by atoms with E-state index in [0.29, 0.717) is 5.75 Å². The minimum absolute atomic E-state index is 0.0725. The molecule has 7 heavy (non-hydrogen) atoms. The molecule has 1 aliphatic rings. The predicted molar refractivity (Wildman–Crippen MR) is 35.3 cm³/mol. The van der Waals surface area contributed by atoms with Gasteiger partial charge in [0.1, 0.15) is 0 Å². The van der Waals surface area contributed by atoms with Crippen molar-refractivity contribution in [2.45, 2.75) is 0 Å². The van der Waals surface area contributed by atoms with Gasteiger partial charge in [-0.3, -0.25) is 9.52 Å². The van der Waals surface area contributed by atoms with Crippen LogP contribution in [0.2, 0.25) is 0 Å². The molecule has 40 valence electrons. The summed E-state index contributed by atoms with van der Waals surface area (Å²) in [6.07, 6.45) is 0. The van der Waals surface area contributed by atoms with E-state index in [1.807, 2.05) is 0 Å². The van der Waals surface area contributed by atoms with E-state index < -0.39 is 0 Å². The zero-order chi connectivity index (χ0) is 5.28. The molecule has 0 radical (unpaired) electrons. The summed E-state index contributed by atoms with van der Waals surface area (Å²) in [6.45, 7) is 0. The highest BCUT2D eigenvalue weighted by molar-refractivity contribution is 8.82. The van der Waals surface area contributed by atoms with Crippen LogP contribution in [0.15, 0.2) is 0 Å². The van der Waals surface area contributed by atoms with E-state index in [9.17, 15) is 4.79 Å². The van der Waals surface area contributed by atoms with Crippen molar-refractivity contribution < 1.29 is 4.79 Å². The molecule has 0 saturated carbocycles. The lowest BCUT2D eigenvalue weighted by Crippen LogP contribution is -2.14. The van der Waals surface area contributed by atoms with E-state index in [4.69, 9.17) is 11.2 Å². The van der Waals surface area contributed by atoms with Gasteiger partial charge in [-0.05, 0) is 11.2 Å². The van der Waals surface area contributed by atoms with Crippen LogP contribution >= 0.6 is 10.8 Å². The van der Waals surface area contributed by atoms with E-state index in [1.54, 1.807) is 0 Å². The minimum Gasteiger partial charge on any atom is -0.288 e. The first-order valence-electron chi connectivity index (χ1n) is 1.63. The van der Waals surface area contributed by atoms with Crippen molar-refractivity contribution >= 4 is 36.6 Å². The molecule has 1 N–H and O–H groups in total. The van der Waals surface area contributed by atoms with Crippen molar-refractivity contribution in [3.63, 3.8) is 0 Å². The number of amides is 1. The van der Waals surface area contributed by atoms with Crippen molar-refractivity contribution in [1.29, 1.82) is 0 Å². The zero-order valence-electron chi connectivity index (χ0n) is 3.34. The topological polar surface area (TPSA) is 29.1 Å². The molecule has 1 heterocycles. The normalized spacial score (nSPS) is 30.3. The highest BCUT2D eigenvalue weighted by atomic mass is 33.3. The van der Waals surface area contributed by atoms with E-state index in [0.717, 1.165) is 0 Å². The fourth-order valence-corrected chi connectivity index (χ4v) is 2.76. The van der Waals surface area contributed by atoms with Crippen LogP contribution in [0.25, 0.3) is 0 Å². The monoisotopic (exact) mass is 153 g/mol. The first-order chi connectivity index (χ1) is 3.29. The molecule has 1 rings (SSSR count). The fraction of sp³-hybridized carbons (Fsp3) is 0.500. The maximum Gasteiger partial charge on any atom is 0.241 e. The average Bonchev–Trinajstić information content (AvgIpc) is 1.87. The molecular formula is C2H3NOS3. The third kappa shape index (κ3) is 1.40. The Morgan fingerprint density at radius 1 is 2.00 bits per heavy atom. The van der Waals surface area contributed by atoms with Crippen molar-refractivity contribution in [2.24, 2.45) is 0 Å². The van der Waals surface area contributed by atoms with Crippen LogP contribution in [0.1, 0.15) is 0 Å². The number of hydrogen-bond donors (Lipinski definition) is 1. The van der Waals surface area contributed by atoms with Gasteiger partial charge in [0.25, 0.3) is 0 Å². The molecule has 0 aromatic heterocycles. The highest BCUT2D eigenvalue weighted by Crippen LogP contribution is 2.10. The lowest BCUT2D eigenvalue weighted by molar-refractivity contribution is -0.116. The standard InChI is InChI=1S/C2H3NOS3/c4-2-1-6-7(5)3-2/h1H2,(H,3,4). The van der Waals surface area contributed by atoms with Crippen molar-refractivity contribution in [3.8, 4) is 0 Å². The molecule has 1 saturated heterocycles. The van der Waals surface area contributed by atoms with Crippen LogP contribution in [0.5, 0.6) is 0 Å². The summed E-state index contributed by atoms with van der Waals surface area (Å²) in [5.41, 5.74) is 0. The predicted octanol–water partition coefficient (Wildman–Crippen LogP) is -0.240. The van der Waals surface area contributed by atoms with Gasteiger partial charge < -0.3 is 0 Å². The first kappa shape index (κ1) is 5.53. The van der Waals surface area contributed by atoms with Crippen molar-refractivity contribution in [1.82, 2.24) is 4.72 Å². The molecule has 0 aliphatic carbocycles. The van der Waals surface area contributed by atoms with Crippen LogP contribution in [0.3, 0.4) is 0 Å². The van der Waals surface area contributed by atoms with Gasteiger partial charge in [0, 0.05) is 8.67 Å². The maximum atomic E-state index is 10.3. The SMILES string of the molecule is O=C1CSS(=S)N1. The van der Waals surface area contributed by atoms with Gasteiger partial charge >= 0.3 is 0 Å². The molecule has 1 unspecified atom stereocenters. The number of hydrogen-bond acceptors (Lipinski definition) is 3. The molecule has 1 fully saturated rings. The van der Waals surface area contributed by atoms with Crippen LogP contribution in [-0.4, -0.2) is 11.7 Å². The summed E-state index contributed by atoms with van der Waals surface area (Å²) in [7, 11) is 1.18. The summed E-state index contributed by atoms with van der Waals surface area (Å²) < 4.78 is 2.58. The van der Waals surface area contributed by atoms with E-state index >= 15 is 0 Å². The summed E-state index contributed by atoms with van der Waals surface area (Å²) in [4.78, 5) is 10.3. The van der Waals surface area contributed by atoms with E-state index in [-0.39, 0.29) is 14.6 Å². The Morgan fingerprint density at radius 3 is 2.86 bits per heavy atom. The molecule has 0 spiro atoms. The van der Waals surface area contributed by atoms with Gasteiger partial charge in [-0.1, -0.05) is 10.8 Å². The molecule has 1 aliphatic heterocycles.